The molecule has 1 nitrogen and oxygen atoms in total. The summed E-state index contributed by atoms with van der Waals surface area (Å²) in [7, 11) is 0. The maximum atomic E-state index is 5.96. The summed E-state index contributed by atoms with van der Waals surface area (Å²) in [4.78, 5) is 0. The molecule has 100 valence electrons. The van der Waals surface area contributed by atoms with Crippen LogP contribution >= 0.6 is 11.8 Å². The summed E-state index contributed by atoms with van der Waals surface area (Å²) in [5.74, 6) is 1.02. The van der Waals surface area contributed by atoms with Gasteiger partial charge in [-0.15, -0.1) is 11.8 Å². The summed E-state index contributed by atoms with van der Waals surface area (Å²) in [5, 5.41) is 0.376. The van der Waals surface area contributed by atoms with Gasteiger partial charge in [-0.2, -0.15) is 0 Å². The number of nitrogens with two attached hydrogens (primary N) is 1. The second-order valence-corrected chi connectivity index (χ2v) is 6.01. The van der Waals surface area contributed by atoms with Gasteiger partial charge in [0, 0.05) is 17.5 Å². The van der Waals surface area contributed by atoms with Crippen molar-refractivity contribution >= 4 is 11.8 Å². The lowest BCUT2D eigenvalue weighted by atomic mass is 10.1. The highest BCUT2D eigenvalue weighted by Gasteiger charge is 2.12. The third-order valence-corrected chi connectivity index (χ3v) is 4.78. The molecule has 0 aromatic heterocycles. The highest BCUT2D eigenvalue weighted by atomic mass is 32.2. The molecule has 19 heavy (non-hydrogen) atoms. The quantitative estimate of drug-likeness (QED) is 0.880. The molecule has 0 spiro atoms. The van der Waals surface area contributed by atoms with Crippen LogP contribution in [0.25, 0.3) is 0 Å². The predicted octanol–water partition coefficient (Wildman–Crippen LogP) is 4.24. The van der Waals surface area contributed by atoms with E-state index in [0.717, 1.165) is 5.75 Å². The van der Waals surface area contributed by atoms with Gasteiger partial charge in [-0.25, -0.2) is 0 Å². The van der Waals surface area contributed by atoms with E-state index in [1.165, 1.54) is 22.3 Å². The van der Waals surface area contributed by atoms with E-state index in [1.54, 1.807) is 0 Å². The Balaban J connectivity index is 2.09. The number of aryl methyl sites for hydroxylation is 2. The second-order valence-electron chi connectivity index (χ2n) is 4.82. The molecule has 2 N–H and O–H groups in total. The fourth-order valence-electron chi connectivity index (χ4n) is 2.20. The van der Waals surface area contributed by atoms with Crippen LogP contribution in [0.2, 0.25) is 0 Å². The lowest BCUT2D eigenvalue weighted by molar-refractivity contribution is 0.930. The van der Waals surface area contributed by atoms with E-state index in [4.69, 9.17) is 5.73 Å². The summed E-state index contributed by atoms with van der Waals surface area (Å²) in [6, 6.07) is 17.1. The molecule has 0 amide bonds. The van der Waals surface area contributed by atoms with Crippen LogP contribution in [-0.2, 0) is 5.75 Å². The molecule has 0 heterocycles. The Morgan fingerprint density at radius 3 is 2.21 bits per heavy atom. The van der Waals surface area contributed by atoms with E-state index in [9.17, 15) is 0 Å². The van der Waals surface area contributed by atoms with E-state index in [1.807, 2.05) is 11.8 Å². The molecule has 0 bridgehead atoms. The first kappa shape index (κ1) is 14.2. The molecule has 2 aromatic rings. The molecule has 2 rings (SSSR count). The Morgan fingerprint density at radius 2 is 1.58 bits per heavy atom. The Bertz CT molecular complexity index is 536. The summed E-state index contributed by atoms with van der Waals surface area (Å²) in [6.07, 6.45) is 0. The van der Waals surface area contributed by atoms with Crippen molar-refractivity contribution in [3.05, 3.63) is 70.8 Å². The summed E-state index contributed by atoms with van der Waals surface area (Å²) < 4.78 is 0. The van der Waals surface area contributed by atoms with Crippen molar-refractivity contribution in [1.82, 2.24) is 0 Å². The normalized spacial score (nSPS) is 12.4. The van der Waals surface area contributed by atoms with E-state index in [0.29, 0.717) is 11.8 Å². The highest BCUT2D eigenvalue weighted by molar-refractivity contribution is 7.98. The van der Waals surface area contributed by atoms with Crippen LogP contribution in [0, 0.1) is 13.8 Å². The van der Waals surface area contributed by atoms with Crippen molar-refractivity contribution in [2.75, 3.05) is 6.54 Å². The number of hydrogen-bond donors (Lipinski definition) is 1. The maximum Gasteiger partial charge on any atom is 0.0425 e. The van der Waals surface area contributed by atoms with Crippen LogP contribution in [0.5, 0.6) is 0 Å². The zero-order valence-electron chi connectivity index (χ0n) is 11.6. The van der Waals surface area contributed by atoms with Crippen molar-refractivity contribution in [2.45, 2.75) is 24.9 Å². The predicted molar refractivity (Wildman–Crippen MR) is 85.4 cm³/mol. The number of rotatable bonds is 5. The molecule has 0 saturated heterocycles. The van der Waals surface area contributed by atoms with Gasteiger partial charge < -0.3 is 5.73 Å². The third kappa shape index (κ3) is 3.62. The zero-order chi connectivity index (χ0) is 13.7. The van der Waals surface area contributed by atoms with Crippen molar-refractivity contribution < 1.29 is 0 Å². The van der Waals surface area contributed by atoms with Gasteiger partial charge in [0.1, 0.15) is 0 Å². The van der Waals surface area contributed by atoms with E-state index < -0.39 is 0 Å². The van der Waals surface area contributed by atoms with Gasteiger partial charge in [0.25, 0.3) is 0 Å². The summed E-state index contributed by atoms with van der Waals surface area (Å²) >= 11 is 1.93. The molecule has 0 aliphatic rings. The van der Waals surface area contributed by atoms with Gasteiger partial charge in [-0.05, 0) is 36.1 Å². The molecule has 2 aromatic carbocycles. The van der Waals surface area contributed by atoms with Crippen LogP contribution in [0.3, 0.4) is 0 Å². The highest BCUT2D eigenvalue weighted by Crippen LogP contribution is 2.32. The first-order chi connectivity index (χ1) is 9.22. The van der Waals surface area contributed by atoms with Gasteiger partial charge in [0.05, 0.1) is 0 Å². The largest absolute Gasteiger partial charge is 0.329 e. The van der Waals surface area contributed by atoms with E-state index in [2.05, 4.69) is 62.4 Å². The number of thioether (sulfide) groups is 1. The zero-order valence-corrected chi connectivity index (χ0v) is 12.4. The minimum atomic E-state index is 0.376. The van der Waals surface area contributed by atoms with Crippen molar-refractivity contribution in [2.24, 2.45) is 5.73 Å². The fourth-order valence-corrected chi connectivity index (χ4v) is 3.48. The molecule has 0 radical (unpaired) electrons. The van der Waals surface area contributed by atoms with Gasteiger partial charge in [0.2, 0.25) is 0 Å². The second kappa shape index (κ2) is 6.78. The van der Waals surface area contributed by atoms with Crippen LogP contribution in [0.4, 0.5) is 0 Å². The Kier molecular flexibility index (Phi) is 5.06. The maximum absolute atomic E-state index is 5.96. The van der Waals surface area contributed by atoms with Crippen LogP contribution < -0.4 is 5.73 Å². The van der Waals surface area contributed by atoms with Crippen LogP contribution in [0.15, 0.2) is 48.5 Å². The van der Waals surface area contributed by atoms with Gasteiger partial charge in [-0.1, -0.05) is 48.5 Å². The first-order valence-electron chi connectivity index (χ1n) is 6.64. The third-order valence-electron chi connectivity index (χ3n) is 3.45. The van der Waals surface area contributed by atoms with Gasteiger partial charge in [-0.3, -0.25) is 0 Å². The standard InChI is InChI=1S/C17H21NS/c1-13-7-3-5-9-15(13)12-19-17(11-18)16-10-6-4-8-14(16)2/h3-10,17H,11-12,18H2,1-2H3. The first-order valence-corrected chi connectivity index (χ1v) is 7.69. The van der Waals surface area contributed by atoms with E-state index in [-0.39, 0.29) is 0 Å². The molecule has 1 atom stereocenters. The topological polar surface area (TPSA) is 26.0 Å². The average Bonchev–Trinajstić information content (AvgIpc) is 2.43. The van der Waals surface area contributed by atoms with E-state index >= 15 is 0 Å². The monoisotopic (exact) mass is 271 g/mol. The lowest BCUT2D eigenvalue weighted by Crippen LogP contribution is -2.11. The van der Waals surface area contributed by atoms with Crippen LogP contribution in [0.1, 0.15) is 27.5 Å². The average molecular weight is 271 g/mol. The minimum absolute atomic E-state index is 0.376. The van der Waals surface area contributed by atoms with Crippen molar-refractivity contribution in [3.63, 3.8) is 0 Å². The number of hydrogen-bond acceptors (Lipinski definition) is 2. The Hall–Kier alpha value is -1.25. The Morgan fingerprint density at radius 1 is 0.947 bits per heavy atom. The number of benzene rings is 2. The molecule has 0 aliphatic heterocycles. The van der Waals surface area contributed by atoms with Crippen LogP contribution in [-0.4, -0.2) is 6.54 Å². The minimum Gasteiger partial charge on any atom is -0.329 e. The molecule has 1 unspecified atom stereocenters. The summed E-state index contributed by atoms with van der Waals surface area (Å²) in [5.41, 5.74) is 11.4. The Labute approximate surface area is 120 Å². The van der Waals surface area contributed by atoms with Crippen molar-refractivity contribution in [1.29, 1.82) is 0 Å². The van der Waals surface area contributed by atoms with Gasteiger partial charge in [0.15, 0.2) is 0 Å². The van der Waals surface area contributed by atoms with Crippen molar-refractivity contribution in [3.8, 4) is 0 Å². The smallest absolute Gasteiger partial charge is 0.0425 e. The lowest BCUT2D eigenvalue weighted by Gasteiger charge is -2.17. The molecule has 0 saturated carbocycles. The molecule has 2 heteroatoms. The summed E-state index contributed by atoms with van der Waals surface area (Å²) in [6.45, 7) is 5.01. The SMILES string of the molecule is Cc1ccccc1CSC(CN)c1ccccc1C. The fraction of sp³-hybridized carbons (Fsp3) is 0.294. The molecular weight excluding hydrogens is 250 g/mol. The molecule has 0 aliphatic carbocycles. The molecular formula is C17H21NS. The molecule has 0 fully saturated rings. The van der Waals surface area contributed by atoms with Gasteiger partial charge >= 0.3 is 0 Å².